The van der Waals surface area contributed by atoms with Crippen LogP contribution in [-0.4, -0.2) is 33.2 Å². The van der Waals surface area contributed by atoms with Gasteiger partial charge >= 0.3 is 5.97 Å². The van der Waals surface area contributed by atoms with E-state index in [1.165, 1.54) is 0 Å². The molecule has 0 saturated heterocycles. The Hall–Kier alpha value is -1.43. The molecular weight excluding hydrogens is 198 g/mol. The van der Waals surface area contributed by atoms with E-state index in [-0.39, 0.29) is 11.8 Å². The van der Waals surface area contributed by atoms with Crippen LogP contribution in [0.15, 0.2) is 0 Å². The van der Waals surface area contributed by atoms with E-state index in [2.05, 4.69) is 10.3 Å². The molecule has 6 nitrogen and oxygen atoms in total. The van der Waals surface area contributed by atoms with Crippen molar-refractivity contribution in [3.63, 3.8) is 0 Å². The van der Waals surface area contributed by atoms with Crippen molar-refractivity contribution in [2.45, 2.75) is 31.9 Å². The van der Waals surface area contributed by atoms with Gasteiger partial charge in [0.2, 0.25) is 0 Å². The molecule has 1 unspecified atom stereocenters. The van der Waals surface area contributed by atoms with Gasteiger partial charge in [0.15, 0.2) is 5.69 Å². The molecular formula is C9H13N3O3. The van der Waals surface area contributed by atoms with E-state index in [1.807, 2.05) is 0 Å². The molecule has 1 heterocycles. The van der Waals surface area contributed by atoms with Crippen molar-refractivity contribution in [2.24, 2.45) is 0 Å². The maximum Gasteiger partial charge on any atom is 0.358 e. The number of hydrogen-bond donors (Lipinski definition) is 1. The lowest BCUT2D eigenvalue weighted by molar-refractivity contribution is 0.0673. The Kier molecular flexibility index (Phi) is 2.44. The number of carboxylic acids is 1. The van der Waals surface area contributed by atoms with E-state index in [1.54, 1.807) is 18.7 Å². The molecule has 1 saturated carbocycles. The number of carbonyl (C=O) groups is 1. The first-order chi connectivity index (χ1) is 7.15. The molecule has 0 spiro atoms. The van der Waals surface area contributed by atoms with Gasteiger partial charge in [0.25, 0.3) is 0 Å². The molecule has 6 heteroatoms. The summed E-state index contributed by atoms with van der Waals surface area (Å²) >= 11 is 0. The highest BCUT2D eigenvalue weighted by atomic mass is 16.5. The van der Waals surface area contributed by atoms with Crippen LogP contribution in [0.4, 0.5) is 0 Å². The Bertz CT molecular complexity index is 384. The highest BCUT2D eigenvalue weighted by Gasteiger charge is 2.32. The van der Waals surface area contributed by atoms with Gasteiger partial charge in [0.1, 0.15) is 5.69 Å². The first kappa shape index (κ1) is 10.1. The molecule has 1 fully saturated rings. The van der Waals surface area contributed by atoms with Crippen molar-refractivity contribution in [2.75, 3.05) is 7.11 Å². The third-order valence-electron chi connectivity index (χ3n) is 2.56. The summed E-state index contributed by atoms with van der Waals surface area (Å²) in [6.45, 7) is 1.80. The molecule has 1 aliphatic carbocycles. The number of carboxylic acid groups (broad SMARTS) is 1. The largest absolute Gasteiger partial charge is 0.476 e. The standard InChI is InChI=1S/C9H13N3O3/c1-5(15-2)8-7(9(13)14)10-11-12(8)6-3-4-6/h5-6H,3-4H2,1-2H3,(H,13,14). The third kappa shape index (κ3) is 1.72. The number of aromatic carboxylic acids is 1. The molecule has 1 aliphatic rings. The van der Waals surface area contributed by atoms with Crippen molar-refractivity contribution >= 4 is 5.97 Å². The average molecular weight is 211 g/mol. The summed E-state index contributed by atoms with van der Waals surface area (Å²) in [5.41, 5.74) is 0.559. The van der Waals surface area contributed by atoms with Crippen LogP contribution < -0.4 is 0 Å². The van der Waals surface area contributed by atoms with Gasteiger partial charge in [0, 0.05) is 7.11 Å². The van der Waals surface area contributed by atoms with Crippen molar-refractivity contribution in [3.8, 4) is 0 Å². The van der Waals surface area contributed by atoms with Gasteiger partial charge < -0.3 is 9.84 Å². The molecule has 15 heavy (non-hydrogen) atoms. The molecule has 0 aliphatic heterocycles. The van der Waals surface area contributed by atoms with Crippen LogP contribution in [0.5, 0.6) is 0 Å². The van der Waals surface area contributed by atoms with Gasteiger partial charge in [-0.25, -0.2) is 9.48 Å². The number of nitrogens with zero attached hydrogens (tertiary/aromatic N) is 3. The first-order valence-electron chi connectivity index (χ1n) is 4.86. The van der Waals surface area contributed by atoms with E-state index in [9.17, 15) is 4.79 Å². The normalized spacial score (nSPS) is 17.7. The van der Waals surface area contributed by atoms with Crippen LogP contribution in [0, 0.1) is 0 Å². The van der Waals surface area contributed by atoms with E-state index in [0.29, 0.717) is 11.7 Å². The summed E-state index contributed by atoms with van der Waals surface area (Å²) in [5.74, 6) is -1.05. The van der Waals surface area contributed by atoms with E-state index < -0.39 is 5.97 Å². The van der Waals surface area contributed by atoms with Gasteiger partial charge in [-0.2, -0.15) is 0 Å². The third-order valence-corrected chi connectivity index (χ3v) is 2.56. The van der Waals surface area contributed by atoms with Gasteiger partial charge in [-0.05, 0) is 19.8 Å². The fourth-order valence-electron chi connectivity index (χ4n) is 1.53. The number of ether oxygens (including phenoxy) is 1. The van der Waals surface area contributed by atoms with Crippen LogP contribution >= 0.6 is 0 Å². The number of aromatic nitrogens is 3. The predicted molar refractivity (Wildman–Crippen MR) is 50.7 cm³/mol. The van der Waals surface area contributed by atoms with E-state index >= 15 is 0 Å². The Labute approximate surface area is 86.8 Å². The topological polar surface area (TPSA) is 77.2 Å². The van der Waals surface area contributed by atoms with Crippen molar-refractivity contribution in [1.29, 1.82) is 0 Å². The predicted octanol–water partition coefficient (Wildman–Crippen LogP) is 1.02. The highest BCUT2D eigenvalue weighted by Crippen LogP contribution is 2.37. The Balaban J connectivity index is 2.43. The van der Waals surface area contributed by atoms with Crippen molar-refractivity contribution in [1.82, 2.24) is 15.0 Å². The van der Waals surface area contributed by atoms with Gasteiger partial charge in [-0.3, -0.25) is 0 Å². The SMILES string of the molecule is COC(C)c1c(C(=O)O)nnn1C1CC1. The highest BCUT2D eigenvalue weighted by molar-refractivity contribution is 5.86. The van der Waals surface area contributed by atoms with Crippen molar-refractivity contribution in [3.05, 3.63) is 11.4 Å². The number of methoxy groups -OCH3 is 1. The average Bonchev–Trinajstić information content (AvgIpc) is 2.95. The maximum atomic E-state index is 10.9. The summed E-state index contributed by atoms with van der Waals surface area (Å²) in [6.07, 6.45) is 1.77. The molecule has 0 aromatic carbocycles. The molecule has 1 aromatic rings. The van der Waals surface area contributed by atoms with Crippen molar-refractivity contribution < 1.29 is 14.6 Å². The summed E-state index contributed by atoms with van der Waals surface area (Å²) in [7, 11) is 1.54. The minimum absolute atomic E-state index is 0.00347. The van der Waals surface area contributed by atoms with Crippen LogP contribution in [-0.2, 0) is 4.74 Å². The van der Waals surface area contributed by atoms with E-state index in [4.69, 9.17) is 9.84 Å². The fraction of sp³-hybridized carbons (Fsp3) is 0.667. The van der Waals surface area contributed by atoms with Gasteiger partial charge in [0.05, 0.1) is 12.1 Å². The second-order valence-electron chi connectivity index (χ2n) is 3.68. The second-order valence-corrected chi connectivity index (χ2v) is 3.68. The Morgan fingerprint density at radius 3 is 2.80 bits per heavy atom. The molecule has 2 rings (SSSR count). The smallest absolute Gasteiger partial charge is 0.358 e. The lowest BCUT2D eigenvalue weighted by Gasteiger charge is -2.11. The first-order valence-corrected chi connectivity index (χ1v) is 4.86. The number of rotatable bonds is 4. The molecule has 0 radical (unpaired) electrons. The summed E-state index contributed by atoms with van der Waals surface area (Å²) in [4.78, 5) is 10.9. The Morgan fingerprint density at radius 2 is 2.33 bits per heavy atom. The maximum absolute atomic E-state index is 10.9. The molecule has 0 bridgehead atoms. The molecule has 1 N–H and O–H groups in total. The van der Waals surface area contributed by atoms with Crippen LogP contribution in [0.25, 0.3) is 0 Å². The minimum Gasteiger partial charge on any atom is -0.476 e. The molecule has 82 valence electrons. The zero-order chi connectivity index (χ0) is 11.0. The fourth-order valence-corrected chi connectivity index (χ4v) is 1.53. The van der Waals surface area contributed by atoms with Crippen LogP contribution in [0.3, 0.4) is 0 Å². The minimum atomic E-state index is -1.05. The zero-order valence-corrected chi connectivity index (χ0v) is 8.67. The summed E-state index contributed by atoms with van der Waals surface area (Å²) in [6, 6.07) is 0.304. The Morgan fingerprint density at radius 1 is 1.67 bits per heavy atom. The molecule has 1 aromatic heterocycles. The van der Waals surface area contributed by atoms with Crippen LogP contribution in [0.2, 0.25) is 0 Å². The lowest BCUT2D eigenvalue weighted by Crippen LogP contribution is -2.11. The van der Waals surface area contributed by atoms with Gasteiger partial charge in [-0.1, -0.05) is 5.21 Å². The van der Waals surface area contributed by atoms with Crippen LogP contribution in [0.1, 0.15) is 48.1 Å². The van der Waals surface area contributed by atoms with E-state index in [0.717, 1.165) is 12.8 Å². The quantitative estimate of drug-likeness (QED) is 0.804. The zero-order valence-electron chi connectivity index (χ0n) is 8.67. The molecule has 0 amide bonds. The lowest BCUT2D eigenvalue weighted by atomic mass is 10.2. The second kappa shape index (κ2) is 3.62. The monoisotopic (exact) mass is 211 g/mol. The summed E-state index contributed by atoms with van der Waals surface area (Å²) in [5, 5.41) is 16.5. The summed E-state index contributed by atoms with van der Waals surface area (Å²) < 4.78 is 6.82. The van der Waals surface area contributed by atoms with Gasteiger partial charge in [-0.15, -0.1) is 5.10 Å². The molecule has 1 atom stereocenters. The number of hydrogen-bond acceptors (Lipinski definition) is 4.